The highest BCUT2D eigenvalue weighted by atomic mass is 16.5. The minimum Gasteiger partial charge on any atom is -0.493 e. The predicted octanol–water partition coefficient (Wildman–Crippen LogP) is 1.69. The van der Waals surface area contributed by atoms with Crippen LogP contribution in [0.25, 0.3) is 0 Å². The van der Waals surface area contributed by atoms with E-state index in [9.17, 15) is 0 Å². The number of hydrogen-bond donors (Lipinski definition) is 1. The van der Waals surface area contributed by atoms with Gasteiger partial charge in [-0.2, -0.15) is 0 Å². The molecule has 0 aliphatic rings. The molecule has 102 valence electrons. The zero-order chi connectivity index (χ0) is 13.5. The number of nitrogens with one attached hydrogen (secondary N) is 1. The van der Waals surface area contributed by atoms with Crippen molar-refractivity contribution >= 4 is 5.69 Å². The van der Waals surface area contributed by atoms with Gasteiger partial charge < -0.3 is 24.4 Å². The van der Waals surface area contributed by atoms with E-state index in [0.29, 0.717) is 17.2 Å². The average Bonchev–Trinajstić information content (AvgIpc) is 2.36. The maximum Gasteiger partial charge on any atom is 0.203 e. The SMILES string of the molecule is COc1cc(NCCN(C)C)cc(OC)c1OC. The Balaban J connectivity index is 2.86. The number of likely N-dealkylation sites (N-methyl/N-ethyl adjacent to an activating group) is 1. The van der Waals surface area contributed by atoms with Gasteiger partial charge >= 0.3 is 0 Å². The Morgan fingerprint density at radius 3 is 1.94 bits per heavy atom. The van der Waals surface area contributed by atoms with E-state index in [1.807, 2.05) is 26.2 Å². The molecule has 0 unspecified atom stereocenters. The van der Waals surface area contributed by atoms with Crippen molar-refractivity contribution in [2.75, 3.05) is 53.8 Å². The van der Waals surface area contributed by atoms with Crippen molar-refractivity contribution in [3.63, 3.8) is 0 Å². The largest absolute Gasteiger partial charge is 0.493 e. The summed E-state index contributed by atoms with van der Waals surface area (Å²) in [6.45, 7) is 1.81. The quantitative estimate of drug-likeness (QED) is 0.802. The molecule has 0 saturated carbocycles. The molecular weight excluding hydrogens is 232 g/mol. The maximum atomic E-state index is 5.29. The molecule has 1 aromatic rings. The number of hydrogen-bond acceptors (Lipinski definition) is 5. The Hall–Kier alpha value is -1.62. The third-order valence-electron chi connectivity index (χ3n) is 2.55. The van der Waals surface area contributed by atoms with Gasteiger partial charge in [-0.25, -0.2) is 0 Å². The molecule has 0 heterocycles. The number of nitrogens with zero attached hydrogens (tertiary/aromatic N) is 1. The van der Waals surface area contributed by atoms with Crippen molar-refractivity contribution in [3.8, 4) is 17.2 Å². The van der Waals surface area contributed by atoms with Crippen LogP contribution in [-0.2, 0) is 0 Å². The molecule has 0 amide bonds. The molecule has 0 bridgehead atoms. The third-order valence-corrected chi connectivity index (χ3v) is 2.55. The number of benzene rings is 1. The molecule has 0 saturated heterocycles. The van der Waals surface area contributed by atoms with E-state index < -0.39 is 0 Å². The second-order valence-corrected chi connectivity index (χ2v) is 4.14. The van der Waals surface area contributed by atoms with Gasteiger partial charge in [0, 0.05) is 30.9 Å². The predicted molar refractivity (Wildman–Crippen MR) is 73.1 cm³/mol. The molecule has 0 atom stereocenters. The van der Waals surface area contributed by atoms with Gasteiger partial charge in [-0.1, -0.05) is 0 Å². The summed E-state index contributed by atoms with van der Waals surface area (Å²) in [5.74, 6) is 1.92. The molecule has 18 heavy (non-hydrogen) atoms. The summed E-state index contributed by atoms with van der Waals surface area (Å²) in [4.78, 5) is 2.12. The van der Waals surface area contributed by atoms with Gasteiger partial charge in [0.1, 0.15) is 0 Å². The van der Waals surface area contributed by atoms with E-state index in [-0.39, 0.29) is 0 Å². The maximum absolute atomic E-state index is 5.29. The Morgan fingerprint density at radius 2 is 1.56 bits per heavy atom. The molecule has 5 heteroatoms. The fourth-order valence-corrected chi connectivity index (χ4v) is 1.61. The lowest BCUT2D eigenvalue weighted by molar-refractivity contribution is 0.324. The molecule has 1 aromatic carbocycles. The van der Waals surface area contributed by atoms with Crippen molar-refractivity contribution in [2.24, 2.45) is 0 Å². The highest BCUT2D eigenvalue weighted by Gasteiger charge is 2.12. The molecule has 0 aliphatic heterocycles. The first kappa shape index (κ1) is 14.4. The molecule has 0 aliphatic carbocycles. The van der Waals surface area contributed by atoms with Gasteiger partial charge in [-0.3, -0.25) is 0 Å². The fourth-order valence-electron chi connectivity index (χ4n) is 1.61. The Bertz CT molecular complexity index is 355. The van der Waals surface area contributed by atoms with Gasteiger partial charge in [-0.15, -0.1) is 0 Å². The van der Waals surface area contributed by atoms with Crippen LogP contribution in [0.2, 0.25) is 0 Å². The topological polar surface area (TPSA) is 43.0 Å². The molecule has 0 radical (unpaired) electrons. The van der Waals surface area contributed by atoms with Crippen molar-refractivity contribution in [2.45, 2.75) is 0 Å². The number of rotatable bonds is 7. The van der Waals surface area contributed by atoms with Gasteiger partial charge in [0.25, 0.3) is 0 Å². The highest BCUT2D eigenvalue weighted by molar-refractivity contribution is 5.62. The zero-order valence-corrected chi connectivity index (χ0v) is 11.7. The summed E-state index contributed by atoms with van der Waals surface area (Å²) >= 11 is 0. The van der Waals surface area contributed by atoms with Crippen LogP contribution < -0.4 is 19.5 Å². The molecule has 0 fully saturated rings. The van der Waals surface area contributed by atoms with Crippen LogP contribution in [0.1, 0.15) is 0 Å². The first-order chi connectivity index (χ1) is 8.62. The highest BCUT2D eigenvalue weighted by Crippen LogP contribution is 2.39. The van der Waals surface area contributed by atoms with Crippen LogP contribution in [0.5, 0.6) is 17.2 Å². The molecule has 0 spiro atoms. The Labute approximate surface area is 109 Å². The summed E-state index contributed by atoms with van der Waals surface area (Å²) in [6, 6.07) is 3.80. The molecule has 0 aromatic heterocycles. The summed E-state index contributed by atoms with van der Waals surface area (Å²) in [5, 5.41) is 3.32. The molecular formula is C13H22N2O3. The lowest BCUT2D eigenvalue weighted by Gasteiger charge is -2.16. The van der Waals surface area contributed by atoms with E-state index in [0.717, 1.165) is 18.8 Å². The normalized spacial score (nSPS) is 10.3. The Kier molecular flexibility index (Phi) is 5.58. The summed E-state index contributed by atoms with van der Waals surface area (Å²) < 4.78 is 15.9. The second kappa shape index (κ2) is 6.96. The van der Waals surface area contributed by atoms with Crippen LogP contribution in [0.4, 0.5) is 5.69 Å². The van der Waals surface area contributed by atoms with Crippen molar-refractivity contribution in [1.82, 2.24) is 4.90 Å². The minimum absolute atomic E-state index is 0.609. The number of ether oxygens (including phenoxy) is 3. The monoisotopic (exact) mass is 254 g/mol. The van der Waals surface area contributed by atoms with E-state index >= 15 is 0 Å². The number of anilines is 1. The molecule has 1 rings (SSSR count). The lowest BCUT2D eigenvalue weighted by atomic mass is 10.2. The summed E-state index contributed by atoms with van der Waals surface area (Å²) in [6.07, 6.45) is 0. The smallest absolute Gasteiger partial charge is 0.203 e. The van der Waals surface area contributed by atoms with E-state index in [1.54, 1.807) is 21.3 Å². The third kappa shape index (κ3) is 3.70. The van der Waals surface area contributed by atoms with E-state index in [4.69, 9.17) is 14.2 Å². The summed E-state index contributed by atoms with van der Waals surface area (Å²) in [5.41, 5.74) is 0.950. The van der Waals surface area contributed by atoms with E-state index in [1.165, 1.54) is 0 Å². The van der Waals surface area contributed by atoms with Crippen molar-refractivity contribution in [3.05, 3.63) is 12.1 Å². The van der Waals surface area contributed by atoms with Crippen LogP contribution in [0, 0.1) is 0 Å². The molecule has 5 nitrogen and oxygen atoms in total. The first-order valence-electron chi connectivity index (χ1n) is 5.81. The van der Waals surface area contributed by atoms with Gasteiger partial charge in [-0.05, 0) is 14.1 Å². The van der Waals surface area contributed by atoms with Gasteiger partial charge in [0.2, 0.25) is 5.75 Å². The lowest BCUT2D eigenvalue weighted by Crippen LogP contribution is -2.20. The number of methoxy groups -OCH3 is 3. The fraction of sp³-hybridized carbons (Fsp3) is 0.538. The van der Waals surface area contributed by atoms with Crippen molar-refractivity contribution < 1.29 is 14.2 Å². The van der Waals surface area contributed by atoms with Gasteiger partial charge in [0.05, 0.1) is 21.3 Å². The van der Waals surface area contributed by atoms with E-state index in [2.05, 4.69) is 10.2 Å². The Morgan fingerprint density at radius 1 is 1.00 bits per heavy atom. The van der Waals surface area contributed by atoms with Crippen molar-refractivity contribution in [1.29, 1.82) is 0 Å². The average molecular weight is 254 g/mol. The second-order valence-electron chi connectivity index (χ2n) is 4.14. The van der Waals surface area contributed by atoms with Crippen LogP contribution in [0.15, 0.2) is 12.1 Å². The van der Waals surface area contributed by atoms with Crippen LogP contribution in [0.3, 0.4) is 0 Å². The van der Waals surface area contributed by atoms with Gasteiger partial charge in [0.15, 0.2) is 11.5 Å². The van der Waals surface area contributed by atoms with Crippen LogP contribution >= 0.6 is 0 Å². The summed E-state index contributed by atoms with van der Waals surface area (Å²) in [7, 11) is 8.90. The molecule has 1 N–H and O–H groups in total. The zero-order valence-electron chi connectivity index (χ0n) is 11.7. The first-order valence-corrected chi connectivity index (χ1v) is 5.81. The standard InChI is InChI=1S/C13H22N2O3/c1-15(2)7-6-14-10-8-11(16-3)13(18-5)12(9-10)17-4/h8-9,14H,6-7H2,1-5H3. The van der Waals surface area contributed by atoms with Crippen LogP contribution in [-0.4, -0.2) is 53.4 Å². The minimum atomic E-state index is 0.609.